The molecule has 0 aliphatic rings. The molecule has 0 amide bonds. The van der Waals surface area contributed by atoms with Crippen molar-refractivity contribution in [1.82, 2.24) is 0 Å². The maximum Gasteiger partial charge on any atom is 0.339 e. The van der Waals surface area contributed by atoms with E-state index in [1.807, 2.05) is 6.92 Å². The van der Waals surface area contributed by atoms with E-state index in [2.05, 4.69) is 0 Å². The SMILES string of the molecule is CCC(Cc1ccc(F)cc1)c1cc(O)cc(=O)o1. The van der Waals surface area contributed by atoms with E-state index in [-0.39, 0.29) is 17.5 Å². The van der Waals surface area contributed by atoms with Gasteiger partial charge in [0.25, 0.3) is 0 Å². The van der Waals surface area contributed by atoms with E-state index in [0.717, 1.165) is 18.1 Å². The molecule has 1 aromatic carbocycles. The molecule has 1 unspecified atom stereocenters. The lowest BCUT2D eigenvalue weighted by molar-refractivity contribution is 0.394. The van der Waals surface area contributed by atoms with Gasteiger partial charge >= 0.3 is 5.63 Å². The van der Waals surface area contributed by atoms with E-state index in [9.17, 15) is 14.3 Å². The summed E-state index contributed by atoms with van der Waals surface area (Å²) in [6, 6.07) is 8.71. The van der Waals surface area contributed by atoms with Crippen LogP contribution in [0.15, 0.2) is 45.6 Å². The zero-order chi connectivity index (χ0) is 13.8. The van der Waals surface area contributed by atoms with Crippen molar-refractivity contribution in [3.63, 3.8) is 0 Å². The summed E-state index contributed by atoms with van der Waals surface area (Å²) in [4.78, 5) is 11.3. The normalized spacial score (nSPS) is 12.3. The zero-order valence-corrected chi connectivity index (χ0v) is 10.6. The Bertz CT molecular complexity index is 602. The molecule has 1 N–H and O–H groups in total. The van der Waals surface area contributed by atoms with Gasteiger partial charge < -0.3 is 9.52 Å². The third-order valence-electron chi connectivity index (χ3n) is 3.06. The Morgan fingerprint density at radius 2 is 1.95 bits per heavy atom. The molecule has 1 atom stereocenters. The summed E-state index contributed by atoms with van der Waals surface area (Å²) in [5, 5.41) is 9.43. The second-order valence-electron chi connectivity index (χ2n) is 4.47. The molecule has 0 fully saturated rings. The summed E-state index contributed by atoms with van der Waals surface area (Å²) in [6.45, 7) is 1.97. The molecule has 0 spiro atoms. The number of aromatic hydroxyl groups is 1. The van der Waals surface area contributed by atoms with Gasteiger partial charge in [0.05, 0.1) is 6.07 Å². The fourth-order valence-corrected chi connectivity index (χ4v) is 2.04. The van der Waals surface area contributed by atoms with Crippen molar-refractivity contribution in [2.45, 2.75) is 25.7 Å². The van der Waals surface area contributed by atoms with Gasteiger partial charge in [-0.25, -0.2) is 9.18 Å². The average molecular weight is 262 g/mol. The third-order valence-corrected chi connectivity index (χ3v) is 3.06. The van der Waals surface area contributed by atoms with Crippen LogP contribution in [0.1, 0.15) is 30.6 Å². The number of rotatable bonds is 4. The number of hydrogen-bond acceptors (Lipinski definition) is 3. The van der Waals surface area contributed by atoms with E-state index < -0.39 is 5.63 Å². The van der Waals surface area contributed by atoms with Gasteiger partial charge in [-0.1, -0.05) is 19.1 Å². The van der Waals surface area contributed by atoms with Gasteiger partial charge in [0.15, 0.2) is 0 Å². The minimum atomic E-state index is -0.562. The summed E-state index contributed by atoms with van der Waals surface area (Å²) in [6.07, 6.45) is 1.38. The fourth-order valence-electron chi connectivity index (χ4n) is 2.04. The molecule has 4 heteroatoms. The molecule has 1 heterocycles. The van der Waals surface area contributed by atoms with Gasteiger partial charge in [-0.05, 0) is 30.5 Å². The molecule has 3 nitrogen and oxygen atoms in total. The van der Waals surface area contributed by atoms with Gasteiger partial charge in [-0.3, -0.25) is 0 Å². The molecule has 2 rings (SSSR count). The fraction of sp³-hybridized carbons (Fsp3) is 0.267. The molecule has 1 aromatic heterocycles. The van der Waals surface area contributed by atoms with Crippen molar-refractivity contribution < 1.29 is 13.9 Å². The Labute approximate surface area is 110 Å². The van der Waals surface area contributed by atoms with Gasteiger partial charge in [0, 0.05) is 12.0 Å². The Kier molecular flexibility index (Phi) is 4.00. The quantitative estimate of drug-likeness (QED) is 0.920. The lowest BCUT2D eigenvalue weighted by atomic mass is 9.94. The molecular weight excluding hydrogens is 247 g/mol. The highest BCUT2D eigenvalue weighted by Gasteiger charge is 2.14. The van der Waals surface area contributed by atoms with Crippen molar-refractivity contribution in [1.29, 1.82) is 0 Å². The van der Waals surface area contributed by atoms with Gasteiger partial charge in [0.2, 0.25) is 0 Å². The molecule has 0 radical (unpaired) electrons. The molecule has 19 heavy (non-hydrogen) atoms. The first kappa shape index (κ1) is 13.3. The van der Waals surface area contributed by atoms with Crippen LogP contribution in [0.4, 0.5) is 4.39 Å². The van der Waals surface area contributed by atoms with E-state index in [4.69, 9.17) is 4.42 Å². The molecule has 0 aliphatic carbocycles. The number of halogens is 1. The highest BCUT2D eigenvalue weighted by atomic mass is 19.1. The van der Waals surface area contributed by atoms with Crippen molar-refractivity contribution in [3.8, 4) is 5.75 Å². The Morgan fingerprint density at radius 1 is 1.26 bits per heavy atom. The Balaban J connectivity index is 2.24. The summed E-state index contributed by atoms with van der Waals surface area (Å²) in [7, 11) is 0. The van der Waals surface area contributed by atoms with Crippen LogP contribution in [0.25, 0.3) is 0 Å². The molecule has 2 aromatic rings. The molecule has 0 saturated heterocycles. The van der Waals surface area contributed by atoms with Crippen LogP contribution < -0.4 is 5.63 Å². The van der Waals surface area contributed by atoms with Crippen molar-refractivity contribution in [2.24, 2.45) is 0 Å². The predicted octanol–water partition coefficient (Wildman–Crippen LogP) is 3.22. The molecule has 0 bridgehead atoms. The first-order chi connectivity index (χ1) is 9.08. The maximum absolute atomic E-state index is 12.8. The van der Waals surface area contributed by atoms with Gasteiger partial charge in [0.1, 0.15) is 17.3 Å². The van der Waals surface area contributed by atoms with Crippen LogP contribution in [0, 0.1) is 5.82 Å². The van der Waals surface area contributed by atoms with Crippen molar-refractivity contribution in [2.75, 3.05) is 0 Å². The molecule has 0 aliphatic heterocycles. The molecular formula is C15H15FO3. The lowest BCUT2D eigenvalue weighted by Gasteiger charge is -2.13. The first-order valence-electron chi connectivity index (χ1n) is 6.17. The summed E-state index contributed by atoms with van der Waals surface area (Å²) >= 11 is 0. The average Bonchev–Trinajstić information content (AvgIpc) is 2.37. The Hall–Kier alpha value is -2.10. The van der Waals surface area contributed by atoms with E-state index in [0.29, 0.717) is 12.2 Å². The topological polar surface area (TPSA) is 50.4 Å². The molecule has 0 saturated carbocycles. The second-order valence-corrected chi connectivity index (χ2v) is 4.47. The highest BCUT2D eigenvalue weighted by molar-refractivity contribution is 5.24. The monoisotopic (exact) mass is 262 g/mol. The minimum Gasteiger partial charge on any atom is -0.508 e. The third kappa shape index (κ3) is 3.44. The van der Waals surface area contributed by atoms with Gasteiger partial charge in [-0.15, -0.1) is 0 Å². The van der Waals surface area contributed by atoms with E-state index >= 15 is 0 Å². The number of benzene rings is 1. The largest absolute Gasteiger partial charge is 0.508 e. The van der Waals surface area contributed by atoms with E-state index in [1.165, 1.54) is 18.2 Å². The summed E-state index contributed by atoms with van der Waals surface area (Å²) in [5.74, 6) is 0.0616. The smallest absolute Gasteiger partial charge is 0.339 e. The standard InChI is InChI=1S/C15H15FO3/c1-2-11(7-10-3-5-12(16)6-4-10)14-8-13(17)9-15(18)19-14/h3-6,8-9,11,17H,2,7H2,1H3. The summed E-state index contributed by atoms with van der Waals surface area (Å²) < 4.78 is 18.0. The first-order valence-corrected chi connectivity index (χ1v) is 6.17. The van der Waals surface area contributed by atoms with Crippen molar-refractivity contribution in [3.05, 3.63) is 64.0 Å². The second kappa shape index (κ2) is 5.69. The molecule has 100 valence electrons. The van der Waals surface area contributed by atoms with Crippen LogP contribution in [-0.2, 0) is 6.42 Å². The minimum absolute atomic E-state index is 0.0229. The van der Waals surface area contributed by atoms with Crippen LogP contribution in [0.5, 0.6) is 5.75 Å². The zero-order valence-electron chi connectivity index (χ0n) is 10.6. The van der Waals surface area contributed by atoms with Crippen LogP contribution in [0.3, 0.4) is 0 Å². The highest BCUT2D eigenvalue weighted by Crippen LogP contribution is 2.25. The van der Waals surface area contributed by atoms with Crippen LogP contribution >= 0.6 is 0 Å². The maximum atomic E-state index is 12.8. The number of hydrogen-bond donors (Lipinski definition) is 1. The predicted molar refractivity (Wildman–Crippen MR) is 69.8 cm³/mol. The Morgan fingerprint density at radius 3 is 2.53 bits per heavy atom. The van der Waals surface area contributed by atoms with Crippen LogP contribution in [-0.4, -0.2) is 5.11 Å². The van der Waals surface area contributed by atoms with E-state index in [1.54, 1.807) is 12.1 Å². The van der Waals surface area contributed by atoms with Crippen LogP contribution in [0.2, 0.25) is 0 Å². The van der Waals surface area contributed by atoms with Gasteiger partial charge in [-0.2, -0.15) is 0 Å². The van der Waals surface area contributed by atoms with Crippen molar-refractivity contribution >= 4 is 0 Å². The summed E-state index contributed by atoms with van der Waals surface area (Å²) in [5.41, 5.74) is 0.395. The lowest BCUT2D eigenvalue weighted by Crippen LogP contribution is -2.06.